The predicted octanol–water partition coefficient (Wildman–Crippen LogP) is 6.26. The molecule has 0 spiro atoms. The number of hydrogen-bond donors (Lipinski definition) is 1. The van der Waals surface area contributed by atoms with Crippen LogP contribution in [0.15, 0.2) is 54.3 Å². The molecule has 37 heavy (non-hydrogen) atoms. The molecule has 1 saturated heterocycles. The van der Waals surface area contributed by atoms with Gasteiger partial charge in [-0.25, -0.2) is 19.9 Å². The Kier molecular flexibility index (Phi) is 6.34. The zero-order valence-electron chi connectivity index (χ0n) is 21.4. The molecule has 5 aromatic rings. The lowest BCUT2D eigenvalue weighted by molar-refractivity contribution is 0.415. The van der Waals surface area contributed by atoms with Crippen molar-refractivity contribution in [2.45, 2.75) is 39.2 Å². The van der Waals surface area contributed by atoms with Gasteiger partial charge < -0.3 is 15.0 Å². The fraction of sp³-hybridized carbons (Fsp3) is 0.310. The van der Waals surface area contributed by atoms with Gasteiger partial charge in [-0.15, -0.1) is 11.3 Å². The number of hydrogen-bond acceptors (Lipinski definition) is 8. The zero-order valence-corrected chi connectivity index (χ0v) is 22.2. The Morgan fingerprint density at radius 2 is 1.95 bits per heavy atom. The SMILES string of the molecule is CCc1nccc(-c2cc(NC3CCN(c4ncnc5c(C)csc45)CC3)c3cc(OC)ccc3c2)n1. The zero-order chi connectivity index (χ0) is 25.4. The Labute approximate surface area is 220 Å². The lowest BCUT2D eigenvalue weighted by Crippen LogP contribution is -2.39. The van der Waals surface area contributed by atoms with Gasteiger partial charge in [-0.05, 0) is 66.4 Å². The van der Waals surface area contributed by atoms with Crippen LogP contribution in [0.4, 0.5) is 11.5 Å². The van der Waals surface area contributed by atoms with E-state index in [1.54, 1.807) is 24.8 Å². The highest BCUT2D eigenvalue weighted by molar-refractivity contribution is 7.18. The first-order valence-corrected chi connectivity index (χ1v) is 13.6. The van der Waals surface area contributed by atoms with Gasteiger partial charge in [0.25, 0.3) is 0 Å². The number of ether oxygens (including phenoxy) is 1. The molecule has 8 heteroatoms. The van der Waals surface area contributed by atoms with E-state index in [-0.39, 0.29) is 0 Å². The molecule has 1 aliphatic heterocycles. The molecule has 0 atom stereocenters. The lowest BCUT2D eigenvalue weighted by Gasteiger charge is -2.34. The van der Waals surface area contributed by atoms with Crippen molar-refractivity contribution in [2.24, 2.45) is 0 Å². The van der Waals surface area contributed by atoms with Gasteiger partial charge in [0.1, 0.15) is 23.7 Å². The first-order valence-electron chi connectivity index (χ1n) is 12.8. The van der Waals surface area contributed by atoms with E-state index in [4.69, 9.17) is 9.72 Å². The molecular weight excluding hydrogens is 480 g/mol. The van der Waals surface area contributed by atoms with Crippen molar-refractivity contribution < 1.29 is 4.74 Å². The first-order chi connectivity index (χ1) is 18.1. The van der Waals surface area contributed by atoms with Crippen molar-refractivity contribution in [3.8, 4) is 17.0 Å². The van der Waals surface area contributed by atoms with Crippen molar-refractivity contribution in [3.63, 3.8) is 0 Å². The molecule has 0 radical (unpaired) electrons. The Morgan fingerprint density at radius 3 is 2.76 bits per heavy atom. The van der Waals surface area contributed by atoms with E-state index in [9.17, 15) is 0 Å². The van der Waals surface area contributed by atoms with Gasteiger partial charge in [0.2, 0.25) is 0 Å². The third-order valence-electron chi connectivity index (χ3n) is 7.15. The van der Waals surface area contributed by atoms with Crippen LogP contribution in [0.5, 0.6) is 5.75 Å². The summed E-state index contributed by atoms with van der Waals surface area (Å²) in [4.78, 5) is 20.7. The van der Waals surface area contributed by atoms with Crippen LogP contribution in [0.1, 0.15) is 31.2 Å². The number of anilines is 2. The Morgan fingerprint density at radius 1 is 1.08 bits per heavy atom. The number of rotatable bonds is 6. The summed E-state index contributed by atoms with van der Waals surface area (Å²) in [6.45, 7) is 6.10. The normalized spacial score (nSPS) is 14.4. The van der Waals surface area contributed by atoms with Crippen LogP contribution in [0, 0.1) is 6.92 Å². The largest absolute Gasteiger partial charge is 0.497 e. The van der Waals surface area contributed by atoms with Gasteiger partial charge in [0.15, 0.2) is 0 Å². The van der Waals surface area contributed by atoms with Gasteiger partial charge >= 0.3 is 0 Å². The van der Waals surface area contributed by atoms with Crippen LogP contribution < -0.4 is 15.0 Å². The average molecular weight is 511 g/mol. The third kappa shape index (κ3) is 4.57. The number of aromatic nitrogens is 4. The average Bonchev–Trinajstić information content (AvgIpc) is 3.34. The monoisotopic (exact) mass is 510 g/mol. The Balaban J connectivity index is 1.28. The molecule has 0 unspecified atom stereocenters. The topological polar surface area (TPSA) is 76.1 Å². The number of nitrogens with one attached hydrogen (secondary N) is 1. The summed E-state index contributed by atoms with van der Waals surface area (Å²) in [6, 6.07) is 13.0. The highest BCUT2D eigenvalue weighted by Gasteiger charge is 2.23. The number of fused-ring (bicyclic) bond motifs is 2. The highest BCUT2D eigenvalue weighted by atomic mass is 32.1. The predicted molar refractivity (Wildman–Crippen MR) is 152 cm³/mol. The Bertz CT molecular complexity index is 1570. The van der Waals surface area contributed by atoms with Crippen molar-refractivity contribution in [1.82, 2.24) is 19.9 Å². The second-order valence-corrected chi connectivity index (χ2v) is 10.4. The van der Waals surface area contributed by atoms with Crippen LogP contribution in [0.2, 0.25) is 0 Å². The molecule has 0 bridgehead atoms. The molecule has 0 saturated carbocycles. The quantitative estimate of drug-likeness (QED) is 0.289. The molecule has 1 fully saturated rings. The summed E-state index contributed by atoms with van der Waals surface area (Å²) in [5.74, 6) is 2.77. The minimum atomic E-state index is 0.361. The number of nitrogens with zero attached hydrogens (tertiary/aromatic N) is 5. The van der Waals surface area contributed by atoms with Gasteiger partial charge in [-0.3, -0.25) is 0 Å². The van der Waals surface area contributed by atoms with Gasteiger partial charge in [0.05, 0.1) is 23.0 Å². The van der Waals surface area contributed by atoms with E-state index in [1.807, 2.05) is 18.3 Å². The first kappa shape index (κ1) is 23.6. The molecule has 1 N–H and O–H groups in total. The van der Waals surface area contributed by atoms with Gasteiger partial charge in [0, 0.05) is 48.4 Å². The number of aryl methyl sites for hydroxylation is 2. The maximum atomic E-state index is 5.55. The van der Waals surface area contributed by atoms with Crippen molar-refractivity contribution in [3.05, 3.63) is 65.7 Å². The molecule has 3 aromatic heterocycles. The lowest BCUT2D eigenvalue weighted by atomic mass is 9.99. The van der Waals surface area contributed by atoms with E-state index in [2.05, 4.69) is 68.7 Å². The fourth-order valence-electron chi connectivity index (χ4n) is 5.10. The maximum absolute atomic E-state index is 5.55. The van der Waals surface area contributed by atoms with Crippen molar-refractivity contribution >= 4 is 43.8 Å². The smallest absolute Gasteiger partial charge is 0.150 e. The van der Waals surface area contributed by atoms with Crippen LogP contribution in [0.25, 0.3) is 32.2 Å². The minimum absolute atomic E-state index is 0.361. The van der Waals surface area contributed by atoms with Crippen molar-refractivity contribution in [1.29, 1.82) is 0 Å². The highest BCUT2D eigenvalue weighted by Crippen LogP contribution is 2.35. The number of thiophene rings is 1. The van der Waals surface area contributed by atoms with Crippen LogP contribution in [0.3, 0.4) is 0 Å². The van der Waals surface area contributed by atoms with Crippen LogP contribution >= 0.6 is 11.3 Å². The van der Waals surface area contributed by atoms with E-state index in [0.717, 1.165) is 83.0 Å². The molecule has 7 nitrogen and oxygen atoms in total. The second-order valence-electron chi connectivity index (χ2n) is 9.52. The summed E-state index contributed by atoms with van der Waals surface area (Å²) in [5, 5.41) is 8.36. The molecule has 0 amide bonds. The molecule has 1 aliphatic rings. The number of piperidine rings is 1. The summed E-state index contributed by atoms with van der Waals surface area (Å²) >= 11 is 1.74. The standard InChI is InChI=1S/C29H30N6OS/c1-4-26-30-10-7-24(34-26)20-13-19-5-6-22(36-3)15-23(19)25(14-20)33-21-8-11-35(12-9-21)29-28-27(31-17-32-29)18(2)16-37-28/h5-7,10,13-17,21,33H,4,8-9,11-12H2,1-3H3. The van der Waals surface area contributed by atoms with E-state index in [1.165, 1.54) is 10.3 Å². The molecular formula is C29H30N6OS. The third-order valence-corrected chi connectivity index (χ3v) is 8.23. The number of methoxy groups -OCH3 is 1. The Hall–Kier alpha value is -3.78. The second kappa shape index (κ2) is 9.94. The van der Waals surface area contributed by atoms with Crippen LogP contribution in [-0.4, -0.2) is 46.2 Å². The van der Waals surface area contributed by atoms with Crippen LogP contribution in [-0.2, 0) is 6.42 Å². The summed E-state index contributed by atoms with van der Waals surface area (Å²) in [6.07, 6.45) is 6.41. The van der Waals surface area contributed by atoms with E-state index < -0.39 is 0 Å². The molecule has 4 heterocycles. The molecule has 2 aromatic carbocycles. The van der Waals surface area contributed by atoms with Gasteiger partial charge in [-0.2, -0.15) is 0 Å². The minimum Gasteiger partial charge on any atom is -0.497 e. The maximum Gasteiger partial charge on any atom is 0.150 e. The van der Waals surface area contributed by atoms with E-state index in [0.29, 0.717) is 6.04 Å². The summed E-state index contributed by atoms with van der Waals surface area (Å²) < 4.78 is 6.73. The van der Waals surface area contributed by atoms with Crippen molar-refractivity contribution in [2.75, 3.05) is 30.4 Å². The molecule has 0 aliphatic carbocycles. The summed E-state index contributed by atoms with van der Waals surface area (Å²) in [7, 11) is 1.71. The molecule has 6 rings (SSSR count). The van der Waals surface area contributed by atoms with Gasteiger partial charge in [-0.1, -0.05) is 13.0 Å². The fourth-order valence-corrected chi connectivity index (χ4v) is 6.12. The summed E-state index contributed by atoms with van der Waals surface area (Å²) in [5.41, 5.74) is 5.44. The van der Waals surface area contributed by atoms with E-state index >= 15 is 0 Å². The molecule has 188 valence electrons. The number of benzene rings is 2.